The third-order valence-corrected chi connectivity index (χ3v) is 3.43. The molecule has 6 heteroatoms. The summed E-state index contributed by atoms with van der Waals surface area (Å²) in [5.74, 6) is 1.20. The Morgan fingerprint density at radius 2 is 2.00 bits per heavy atom. The average Bonchev–Trinajstić information content (AvgIpc) is 2.87. The summed E-state index contributed by atoms with van der Waals surface area (Å²) in [6.07, 6.45) is 0. The minimum Gasteiger partial charge on any atom is -0.497 e. The van der Waals surface area contributed by atoms with Gasteiger partial charge in [0, 0.05) is 17.7 Å². The van der Waals surface area contributed by atoms with Gasteiger partial charge in [0.1, 0.15) is 16.4 Å². The van der Waals surface area contributed by atoms with Crippen LogP contribution in [-0.2, 0) is 0 Å². The topological polar surface area (TPSA) is 61.6 Å². The first kappa shape index (κ1) is 12.4. The fourth-order valence-corrected chi connectivity index (χ4v) is 2.53. The second-order valence-corrected chi connectivity index (χ2v) is 4.37. The van der Waals surface area contributed by atoms with Crippen LogP contribution in [0, 0.1) is 10.1 Å². The van der Waals surface area contributed by atoms with E-state index in [0.29, 0.717) is 21.9 Å². The van der Waals surface area contributed by atoms with E-state index in [4.69, 9.17) is 9.47 Å². The fourth-order valence-electron chi connectivity index (χ4n) is 1.63. The molecule has 0 saturated carbocycles. The van der Waals surface area contributed by atoms with Crippen LogP contribution in [0.3, 0.4) is 0 Å². The number of rotatable bonds is 4. The lowest BCUT2D eigenvalue weighted by atomic mass is 10.1. The molecule has 0 fully saturated rings. The summed E-state index contributed by atoms with van der Waals surface area (Å²) in [5, 5.41) is 12.6. The first-order valence-electron chi connectivity index (χ1n) is 5.11. The second kappa shape index (κ2) is 5.05. The highest BCUT2D eigenvalue weighted by molar-refractivity contribution is 7.14. The maximum atomic E-state index is 10.9. The molecule has 0 aliphatic heterocycles. The van der Waals surface area contributed by atoms with E-state index >= 15 is 0 Å². The number of hydrogen-bond acceptors (Lipinski definition) is 5. The Hall–Kier alpha value is -2.08. The van der Waals surface area contributed by atoms with Gasteiger partial charge in [-0.3, -0.25) is 10.1 Å². The van der Waals surface area contributed by atoms with Gasteiger partial charge >= 0.3 is 0 Å². The minimum atomic E-state index is -0.393. The van der Waals surface area contributed by atoms with Crippen molar-refractivity contribution in [2.75, 3.05) is 14.2 Å². The largest absolute Gasteiger partial charge is 0.497 e. The Morgan fingerprint density at radius 1 is 1.22 bits per heavy atom. The highest BCUT2D eigenvalue weighted by atomic mass is 32.1. The molecule has 0 aliphatic rings. The van der Waals surface area contributed by atoms with Gasteiger partial charge in [-0.1, -0.05) is 0 Å². The molecule has 0 bridgehead atoms. The lowest BCUT2D eigenvalue weighted by Crippen LogP contribution is -1.92. The predicted octanol–water partition coefficient (Wildman–Crippen LogP) is 3.34. The SMILES string of the molecule is COc1ccc(-c2sccc2[N+](=O)[O-])c(OC)c1. The lowest BCUT2D eigenvalue weighted by Gasteiger charge is -2.08. The number of nitro groups is 1. The van der Waals surface area contributed by atoms with Gasteiger partial charge in [0.25, 0.3) is 5.69 Å². The monoisotopic (exact) mass is 265 g/mol. The van der Waals surface area contributed by atoms with Crippen LogP contribution in [0.4, 0.5) is 5.69 Å². The molecule has 0 unspecified atom stereocenters. The zero-order valence-corrected chi connectivity index (χ0v) is 10.7. The van der Waals surface area contributed by atoms with Gasteiger partial charge in [-0.05, 0) is 17.5 Å². The molecule has 0 amide bonds. The second-order valence-electron chi connectivity index (χ2n) is 3.46. The van der Waals surface area contributed by atoms with E-state index in [1.165, 1.54) is 24.5 Å². The van der Waals surface area contributed by atoms with E-state index in [1.807, 2.05) is 0 Å². The molecular weight excluding hydrogens is 254 g/mol. The van der Waals surface area contributed by atoms with Crippen LogP contribution in [0.1, 0.15) is 0 Å². The van der Waals surface area contributed by atoms with Crippen molar-refractivity contribution in [2.24, 2.45) is 0 Å². The Morgan fingerprint density at radius 3 is 2.61 bits per heavy atom. The van der Waals surface area contributed by atoms with Gasteiger partial charge in [0.05, 0.1) is 19.1 Å². The van der Waals surface area contributed by atoms with Crippen molar-refractivity contribution in [1.29, 1.82) is 0 Å². The first-order chi connectivity index (χ1) is 8.67. The van der Waals surface area contributed by atoms with Crippen molar-refractivity contribution in [3.63, 3.8) is 0 Å². The summed E-state index contributed by atoms with van der Waals surface area (Å²) in [7, 11) is 3.08. The highest BCUT2D eigenvalue weighted by Crippen LogP contribution is 2.41. The number of nitrogens with zero attached hydrogens (tertiary/aromatic N) is 1. The summed E-state index contributed by atoms with van der Waals surface area (Å²) in [4.78, 5) is 11.1. The smallest absolute Gasteiger partial charge is 0.288 e. The maximum absolute atomic E-state index is 10.9. The lowest BCUT2D eigenvalue weighted by molar-refractivity contribution is -0.383. The summed E-state index contributed by atoms with van der Waals surface area (Å²) in [5.41, 5.74) is 0.781. The quantitative estimate of drug-likeness (QED) is 0.628. The zero-order valence-electron chi connectivity index (χ0n) is 9.88. The Balaban J connectivity index is 2.56. The number of benzene rings is 1. The van der Waals surface area contributed by atoms with Crippen LogP contribution in [0.25, 0.3) is 10.4 Å². The van der Waals surface area contributed by atoms with Crippen LogP contribution >= 0.6 is 11.3 Å². The van der Waals surface area contributed by atoms with Gasteiger partial charge in [-0.25, -0.2) is 0 Å². The Labute approximate surface area is 108 Å². The van der Waals surface area contributed by atoms with E-state index in [1.54, 1.807) is 30.7 Å². The van der Waals surface area contributed by atoms with Crippen LogP contribution in [-0.4, -0.2) is 19.1 Å². The van der Waals surface area contributed by atoms with E-state index in [-0.39, 0.29) is 5.69 Å². The fraction of sp³-hybridized carbons (Fsp3) is 0.167. The van der Waals surface area contributed by atoms with Crippen LogP contribution < -0.4 is 9.47 Å². The molecule has 0 atom stereocenters. The van der Waals surface area contributed by atoms with Crippen molar-refractivity contribution in [3.05, 3.63) is 39.8 Å². The molecule has 18 heavy (non-hydrogen) atoms. The average molecular weight is 265 g/mol. The molecule has 0 spiro atoms. The Kier molecular flexibility index (Phi) is 3.47. The van der Waals surface area contributed by atoms with E-state index < -0.39 is 4.92 Å². The molecule has 1 aromatic heterocycles. The number of hydrogen-bond donors (Lipinski definition) is 0. The molecule has 5 nitrogen and oxygen atoms in total. The van der Waals surface area contributed by atoms with Crippen LogP contribution in [0.2, 0.25) is 0 Å². The minimum absolute atomic E-state index is 0.0865. The molecule has 0 N–H and O–H groups in total. The summed E-state index contributed by atoms with van der Waals surface area (Å²) in [6.45, 7) is 0. The summed E-state index contributed by atoms with van der Waals surface area (Å²) in [6, 6.07) is 6.71. The maximum Gasteiger partial charge on any atom is 0.288 e. The normalized spacial score (nSPS) is 10.1. The third kappa shape index (κ3) is 2.14. The van der Waals surface area contributed by atoms with E-state index in [0.717, 1.165) is 0 Å². The van der Waals surface area contributed by atoms with Crippen molar-refractivity contribution < 1.29 is 14.4 Å². The molecule has 1 heterocycles. The van der Waals surface area contributed by atoms with Gasteiger partial charge in [-0.15, -0.1) is 11.3 Å². The number of ether oxygens (including phenoxy) is 2. The van der Waals surface area contributed by atoms with Gasteiger partial charge in [-0.2, -0.15) is 0 Å². The van der Waals surface area contributed by atoms with Crippen molar-refractivity contribution in [2.45, 2.75) is 0 Å². The van der Waals surface area contributed by atoms with Crippen LogP contribution in [0.5, 0.6) is 11.5 Å². The van der Waals surface area contributed by atoms with Crippen molar-refractivity contribution in [1.82, 2.24) is 0 Å². The standard InChI is InChI=1S/C12H11NO4S/c1-16-8-3-4-9(11(7-8)17-2)12-10(13(14)15)5-6-18-12/h3-7H,1-2H3. The summed E-state index contributed by atoms with van der Waals surface area (Å²) < 4.78 is 10.3. The first-order valence-corrected chi connectivity index (χ1v) is 5.99. The molecule has 0 aliphatic carbocycles. The molecule has 1 aromatic carbocycles. The summed E-state index contributed by atoms with van der Waals surface area (Å²) >= 11 is 1.31. The Bertz CT molecular complexity index is 579. The van der Waals surface area contributed by atoms with E-state index in [2.05, 4.69) is 0 Å². The zero-order chi connectivity index (χ0) is 13.1. The predicted molar refractivity (Wildman–Crippen MR) is 69.5 cm³/mol. The van der Waals surface area contributed by atoms with Crippen molar-refractivity contribution >= 4 is 17.0 Å². The molecule has 2 aromatic rings. The van der Waals surface area contributed by atoms with Gasteiger partial charge in [0.15, 0.2) is 0 Å². The molecule has 94 valence electrons. The third-order valence-electron chi connectivity index (χ3n) is 2.49. The number of methoxy groups -OCH3 is 2. The molecule has 0 radical (unpaired) electrons. The van der Waals surface area contributed by atoms with Crippen molar-refractivity contribution in [3.8, 4) is 21.9 Å². The molecule has 2 rings (SSSR count). The molecule has 0 saturated heterocycles. The van der Waals surface area contributed by atoms with Gasteiger partial charge < -0.3 is 9.47 Å². The van der Waals surface area contributed by atoms with Gasteiger partial charge in [0.2, 0.25) is 0 Å². The molecular formula is C12H11NO4S. The van der Waals surface area contributed by atoms with E-state index in [9.17, 15) is 10.1 Å². The number of thiophene rings is 1. The van der Waals surface area contributed by atoms with Crippen LogP contribution in [0.15, 0.2) is 29.6 Å². The highest BCUT2D eigenvalue weighted by Gasteiger charge is 2.20.